The second-order valence-corrected chi connectivity index (χ2v) is 8.24. The molecule has 2 nitrogen and oxygen atoms in total. The van der Waals surface area contributed by atoms with Crippen LogP contribution >= 0.6 is 10.5 Å². The Morgan fingerprint density at radius 1 is 0.840 bits per heavy atom. The first-order chi connectivity index (χ1) is 12.1. The molecule has 4 aromatic rings. The van der Waals surface area contributed by atoms with E-state index in [0.717, 1.165) is 11.1 Å². The van der Waals surface area contributed by atoms with E-state index in [1.807, 2.05) is 13.8 Å². The fourth-order valence-electron chi connectivity index (χ4n) is 3.44. The lowest BCUT2D eigenvalue weighted by Gasteiger charge is -2.09. The van der Waals surface area contributed by atoms with E-state index in [1.54, 1.807) is 0 Å². The summed E-state index contributed by atoms with van der Waals surface area (Å²) in [5.74, 6) is 0.401. The second kappa shape index (κ2) is 6.01. The Morgan fingerprint density at radius 3 is 1.80 bits per heavy atom. The van der Waals surface area contributed by atoms with Gasteiger partial charge in [0.05, 0.1) is 0 Å². The van der Waals surface area contributed by atoms with Crippen molar-refractivity contribution >= 4 is 36.6 Å². The summed E-state index contributed by atoms with van der Waals surface area (Å²) in [5.41, 5.74) is 2.00. The third-order valence-corrected chi connectivity index (χ3v) is 6.72. The van der Waals surface area contributed by atoms with Crippen molar-refractivity contribution in [3.8, 4) is 10.6 Å². The van der Waals surface area contributed by atoms with Gasteiger partial charge in [0.2, 0.25) is 0 Å². The van der Waals surface area contributed by atoms with Gasteiger partial charge in [-0.2, -0.15) is 0 Å². The minimum atomic E-state index is -0.280. The molecule has 0 aliphatic rings. The van der Waals surface area contributed by atoms with Gasteiger partial charge in [-0.25, -0.2) is 0 Å². The quantitative estimate of drug-likeness (QED) is 0.242. The first kappa shape index (κ1) is 15.9. The summed E-state index contributed by atoms with van der Waals surface area (Å²) in [6.45, 7) is 5.45. The fraction of sp³-hybridized carbons (Fsp3) is 0.136. The smallest absolute Gasteiger partial charge is 0.308 e. The molecule has 1 aromatic heterocycles. The third-order valence-electron chi connectivity index (χ3n) is 4.42. The van der Waals surface area contributed by atoms with Gasteiger partial charge >= 0.3 is 5.97 Å². The summed E-state index contributed by atoms with van der Waals surface area (Å²) < 4.78 is 8.12. The van der Waals surface area contributed by atoms with Crippen LogP contribution in [-0.4, -0.2) is 5.97 Å². The number of esters is 1. The Morgan fingerprint density at radius 2 is 1.32 bits per heavy atom. The number of hydrogen-bond donors (Lipinski definition) is 0. The van der Waals surface area contributed by atoms with Crippen LogP contribution in [0.3, 0.4) is 0 Å². The van der Waals surface area contributed by atoms with Gasteiger partial charge in [-0.05, 0) is 49.2 Å². The van der Waals surface area contributed by atoms with Crippen molar-refractivity contribution in [3.05, 3.63) is 71.8 Å². The van der Waals surface area contributed by atoms with Crippen LogP contribution in [0.4, 0.5) is 0 Å². The molecule has 0 aliphatic carbocycles. The number of carbonyl (C=O) groups excluding carboxylic acids is 1. The molecule has 0 spiro atoms. The summed E-state index contributed by atoms with van der Waals surface area (Å²) in [6.07, 6.45) is 0. The Bertz CT molecular complexity index is 1050. The summed E-state index contributed by atoms with van der Waals surface area (Å²) in [6, 6.07) is 21.6. The lowest BCUT2D eigenvalue weighted by atomic mass is 10.1. The van der Waals surface area contributed by atoms with Crippen molar-refractivity contribution in [2.75, 3.05) is 0 Å². The molecular formula is C22H19O2S+. The van der Waals surface area contributed by atoms with E-state index in [1.165, 1.54) is 32.0 Å². The molecule has 0 N–H and O–H groups in total. The van der Waals surface area contributed by atoms with Gasteiger partial charge in [-0.3, -0.25) is 4.79 Å². The van der Waals surface area contributed by atoms with Crippen LogP contribution in [0.15, 0.2) is 60.7 Å². The first-order valence-electron chi connectivity index (χ1n) is 8.28. The van der Waals surface area contributed by atoms with Crippen LogP contribution in [0, 0.1) is 13.8 Å². The SMILES string of the molecule is CC(=O)Oc1c(C)cc(-[s+]2c3ccccc3c3ccccc32)cc1C. The Hall–Kier alpha value is -2.65. The molecule has 0 aliphatic heterocycles. The van der Waals surface area contributed by atoms with Crippen LogP contribution in [0.25, 0.3) is 25.1 Å². The van der Waals surface area contributed by atoms with Crippen molar-refractivity contribution in [1.29, 1.82) is 0 Å². The minimum Gasteiger partial charge on any atom is -0.426 e. The standard InChI is InChI=1S/C22H19O2S/c1-14-12-17(13-15(2)22(14)24-16(3)23)25-20-10-6-4-8-18(20)19-9-5-7-11-21(19)25/h4-13H,1-3H3/q+1. The predicted octanol–water partition coefficient (Wildman–Crippen LogP) is 6.27. The normalized spacial score (nSPS) is 11.2. The zero-order chi connectivity index (χ0) is 17.6. The Kier molecular flexibility index (Phi) is 3.81. The zero-order valence-electron chi connectivity index (χ0n) is 14.5. The molecule has 25 heavy (non-hydrogen) atoms. The van der Waals surface area contributed by atoms with Crippen LogP contribution in [0.2, 0.25) is 0 Å². The monoisotopic (exact) mass is 347 g/mol. The van der Waals surface area contributed by atoms with Crippen LogP contribution in [-0.2, 0) is 4.79 Å². The average molecular weight is 347 g/mol. The molecule has 3 aromatic carbocycles. The Labute approximate surface area is 149 Å². The highest BCUT2D eigenvalue weighted by Gasteiger charge is 2.24. The van der Waals surface area contributed by atoms with Gasteiger partial charge in [0.25, 0.3) is 0 Å². The summed E-state index contributed by atoms with van der Waals surface area (Å²) >= 11 is 0. The number of fused-ring (bicyclic) bond motifs is 3. The largest absolute Gasteiger partial charge is 0.426 e. The predicted molar refractivity (Wildman–Crippen MR) is 106 cm³/mol. The molecule has 0 bridgehead atoms. The van der Waals surface area contributed by atoms with E-state index in [4.69, 9.17) is 4.74 Å². The molecule has 0 fully saturated rings. The fourth-order valence-corrected chi connectivity index (χ4v) is 6.00. The number of rotatable bonds is 2. The molecule has 124 valence electrons. The third kappa shape index (κ3) is 2.61. The number of hydrogen-bond acceptors (Lipinski definition) is 2. The van der Waals surface area contributed by atoms with Crippen LogP contribution in [0.5, 0.6) is 5.75 Å². The van der Waals surface area contributed by atoms with Gasteiger partial charge in [0, 0.05) is 40.3 Å². The summed E-state index contributed by atoms with van der Waals surface area (Å²) in [4.78, 5) is 12.6. The van der Waals surface area contributed by atoms with Gasteiger partial charge < -0.3 is 4.74 Å². The van der Waals surface area contributed by atoms with E-state index in [-0.39, 0.29) is 16.4 Å². The molecule has 1 heterocycles. The summed E-state index contributed by atoms with van der Waals surface area (Å²) in [5, 5.41) is 2.64. The molecule has 0 saturated carbocycles. The highest BCUT2D eigenvalue weighted by Crippen LogP contribution is 2.49. The van der Waals surface area contributed by atoms with Gasteiger partial charge in [0.1, 0.15) is 5.75 Å². The van der Waals surface area contributed by atoms with Gasteiger partial charge in [0.15, 0.2) is 14.3 Å². The average Bonchev–Trinajstić information content (AvgIpc) is 2.92. The van der Waals surface area contributed by atoms with Gasteiger partial charge in [-0.15, -0.1) is 0 Å². The highest BCUT2D eigenvalue weighted by molar-refractivity contribution is 7.50. The second-order valence-electron chi connectivity index (χ2n) is 6.28. The lowest BCUT2D eigenvalue weighted by molar-refractivity contribution is -0.131. The molecule has 0 saturated heterocycles. The van der Waals surface area contributed by atoms with Gasteiger partial charge in [-0.1, -0.05) is 24.3 Å². The number of aryl methyl sites for hydroxylation is 2. The van der Waals surface area contributed by atoms with Crippen LogP contribution in [0.1, 0.15) is 18.1 Å². The van der Waals surface area contributed by atoms with Crippen molar-refractivity contribution < 1.29 is 9.53 Å². The number of thiophene rings is 1. The molecule has 0 amide bonds. The number of ether oxygens (including phenoxy) is 1. The van der Waals surface area contributed by atoms with Crippen LogP contribution < -0.4 is 4.74 Å². The number of carbonyl (C=O) groups is 1. The van der Waals surface area contributed by atoms with E-state index in [0.29, 0.717) is 5.75 Å². The molecule has 0 radical (unpaired) electrons. The highest BCUT2D eigenvalue weighted by atomic mass is 32.2. The van der Waals surface area contributed by atoms with Crippen molar-refractivity contribution in [3.63, 3.8) is 0 Å². The molecular weight excluding hydrogens is 328 g/mol. The molecule has 0 atom stereocenters. The lowest BCUT2D eigenvalue weighted by Crippen LogP contribution is -2.04. The van der Waals surface area contributed by atoms with Crippen molar-refractivity contribution in [2.24, 2.45) is 0 Å². The number of benzene rings is 3. The topological polar surface area (TPSA) is 26.3 Å². The first-order valence-corrected chi connectivity index (χ1v) is 9.51. The molecule has 3 heteroatoms. The zero-order valence-corrected chi connectivity index (χ0v) is 15.3. The summed E-state index contributed by atoms with van der Waals surface area (Å²) in [7, 11) is -0.123. The molecule has 4 rings (SSSR count). The van der Waals surface area contributed by atoms with E-state index in [9.17, 15) is 4.79 Å². The Balaban J connectivity index is 2.03. The maximum atomic E-state index is 11.4. The minimum absolute atomic E-state index is 0.123. The molecule has 0 unspecified atom stereocenters. The van der Waals surface area contributed by atoms with E-state index < -0.39 is 0 Å². The van der Waals surface area contributed by atoms with E-state index >= 15 is 0 Å². The van der Waals surface area contributed by atoms with Crippen molar-refractivity contribution in [1.82, 2.24) is 0 Å². The maximum Gasteiger partial charge on any atom is 0.308 e. The van der Waals surface area contributed by atoms with E-state index in [2.05, 4.69) is 60.7 Å². The van der Waals surface area contributed by atoms with Crippen molar-refractivity contribution in [2.45, 2.75) is 20.8 Å². The maximum absolute atomic E-state index is 11.4.